The van der Waals surface area contributed by atoms with Crippen LogP contribution >= 0.6 is 12.4 Å². The van der Waals surface area contributed by atoms with Crippen LogP contribution in [-0.2, 0) is 22.6 Å². The van der Waals surface area contributed by atoms with Crippen LogP contribution in [0.5, 0.6) is 0 Å². The first kappa shape index (κ1) is 20.3. The Morgan fingerprint density at radius 1 is 0.852 bits per heavy atom. The maximum atomic E-state index is 12.7. The molecule has 0 saturated heterocycles. The van der Waals surface area contributed by atoms with Gasteiger partial charge in [0.15, 0.2) is 0 Å². The molecule has 27 heavy (non-hydrogen) atoms. The van der Waals surface area contributed by atoms with E-state index in [2.05, 4.69) is 5.32 Å². The molecule has 140 valence electrons. The van der Waals surface area contributed by atoms with E-state index in [0.29, 0.717) is 12.1 Å². The first-order valence-electron chi connectivity index (χ1n) is 8.57. The second kappa shape index (κ2) is 10.2. The summed E-state index contributed by atoms with van der Waals surface area (Å²) in [6, 6.07) is 26.4. The minimum Gasteiger partial charge on any atom is -0.459 e. The Balaban J connectivity index is 0.00000261. The Morgan fingerprint density at radius 3 is 2.00 bits per heavy atom. The van der Waals surface area contributed by atoms with Crippen molar-refractivity contribution in [3.8, 4) is 0 Å². The fourth-order valence-corrected chi connectivity index (χ4v) is 2.65. The van der Waals surface area contributed by atoms with Crippen LogP contribution in [0.25, 0.3) is 0 Å². The van der Waals surface area contributed by atoms with Gasteiger partial charge in [-0.15, -0.1) is 12.4 Å². The predicted octanol–water partition coefficient (Wildman–Crippen LogP) is 4.46. The zero-order valence-corrected chi connectivity index (χ0v) is 15.7. The summed E-state index contributed by atoms with van der Waals surface area (Å²) in [5.74, 6) is -0.283. The Hall–Kier alpha value is -2.98. The van der Waals surface area contributed by atoms with Gasteiger partial charge in [0.1, 0.15) is 12.6 Å². The van der Waals surface area contributed by atoms with Crippen molar-refractivity contribution in [2.45, 2.75) is 19.1 Å². The molecular weight excluding hydrogens is 360 g/mol. The Labute approximate surface area is 165 Å². The smallest absolute Gasteiger partial charge is 0.329 e. The molecule has 0 saturated carbocycles. The zero-order valence-electron chi connectivity index (χ0n) is 14.9. The number of benzene rings is 3. The molecule has 0 aliphatic carbocycles. The highest BCUT2D eigenvalue weighted by atomic mass is 35.5. The Morgan fingerprint density at radius 2 is 1.41 bits per heavy atom. The molecule has 5 heteroatoms. The molecule has 3 N–H and O–H groups in total. The molecular formula is C22H23ClN2O2. The van der Waals surface area contributed by atoms with E-state index < -0.39 is 6.04 Å². The summed E-state index contributed by atoms with van der Waals surface area (Å²) in [5.41, 5.74) is 9.28. The largest absolute Gasteiger partial charge is 0.459 e. The maximum Gasteiger partial charge on any atom is 0.329 e. The highest BCUT2D eigenvalue weighted by molar-refractivity contribution is 5.85. The molecule has 1 atom stereocenters. The lowest BCUT2D eigenvalue weighted by atomic mass is 10.1. The average molecular weight is 383 g/mol. The van der Waals surface area contributed by atoms with E-state index in [-0.39, 0.29) is 25.0 Å². The molecule has 3 aromatic rings. The van der Waals surface area contributed by atoms with Gasteiger partial charge in [0, 0.05) is 17.8 Å². The van der Waals surface area contributed by atoms with E-state index in [0.717, 1.165) is 16.8 Å². The van der Waals surface area contributed by atoms with E-state index in [4.69, 9.17) is 10.5 Å². The Kier molecular flexibility index (Phi) is 7.71. The monoisotopic (exact) mass is 382 g/mol. The molecule has 0 aliphatic rings. The summed E-state index contributed by atoms with van der Waals surface area (Å²) in [6.07, 6.45) is 0.541. The number of nitrogens with one attached hydrogen (secondary N) is 1. The second-order valence-corrected chi connectivity index (χ2v) is 6.10. The van der Waals surface area contributed by atoms with Crippen molar-refractivity contribution in [1.82, 2.24) is 0 Å². The molecule has 0 fully saturated rings. The first-order valence-corrected chi connectivity index (χ1v) is 8.57. The third kappa shape index (κ3) is 6.35. The lowest BCUT2D eigenvalue weighted by molar-refractivity contribution is -0.145. The molecule has 0 radical (unpaired) electrons. The van der Waals surface area contributed by atoms with Gasteiger partial charge in [-0.1, -0.05) is 60.7 Å². The summed E-state index contributed by atoms with van der Waals surface area (Å²) in [6.45, 7) is 0.258. The minimum absolute atomic E-state index is 0. The summed E-state index contributed by atoms with van der Waals surface area (Å²) in [4.78, 5) is 12.7. The van der Waals surface area contributed by atoms with Gasteiger partial charge >= 0.3 is 5.97 Å². The van der Waals surface area contributed by atoms with Crippen molar-refractivity contribution in [1.29, 1.82) is 0 Å². The fourth-order valence-electron chi connectivity index (χ4n) is 2.65. The van der Waals surface area contributed by atoms with Gasteiger partial charge in [-0.05, 0) is 35.4 Å². The van der Waals surface area contributed by atoms with Gasteiger partial charge in [-0.2, -0.15) is 0 Å². The van der Waals surface area contributed by atoms with Crippen molar-refractivity contribution in [3.05, 3.63) is 96.1 Å². The van der Waals surface area contributed by atoms with Gasteiger partial charge < -0.3 is 15.8 Å². The second-order valence-electron chi connectivity index (χ2n) is 6.10. The lowest BCUT2D eigenvalue weighted by Crippen LogP contribution is -2.33. The van der Waals surface area contributed by atoms with Gasteiger partial charge in [-0.25, -0.2) is 4.79 Å². The molecule has 3 rings (SSSR count). The van der Waals surface area contributed by atoms with Crippen LogP contribution in [0.15, 0.2) is 84.9 Å². The number of carbonyl (C=O) groups excluding carboxylic acids is 1. The van der Waals surface area contributed by atoms with Crippen LogP contribution < -0.4 is 11.1 Å². The number of nitrogens with two attached hydrogens (primary N) is 1. The highest BCUT2D eigenvalue weighted by Gasteiger charge is 2.20. The number of anilines is 2. The molecule has 0 amide bonds. The standard InChI is InChI=1S/C22H22N2O2.ClH/c23-19-11-13-20(14-12-19)24-21(15-17-7-3-1-4-8-17)22(25)26-16-18-9-5-2-6-10-18;/h1-14,21,24H,15-16,23H2;1H/t21-;/m0./s1. The van der Waals surface area contributed by atoms with Crippen LogP contribution in [0, 0.1) is 0 Å². The van der Waals surface area contributed by atoms with Crippen molar-refractivity contribution < 1.29 is 9.53 Å². The number of hydrogen-bond donors (Lipinski definition) is 2. The van der Waals surface area contributed by atoms with Crippen molar-refractivity contribution in [2.24, 2.45) is 0 Å². The quantitative estimate of drug-likeness (QED) is 0.468. The molecule has 0 spiro atoms. The summed E-state index contributed by atoms with van der Waals surface area (Å²) >= 11 is 0. The van der Waals surface area contributed by atoms with Gasteiger partial charge in [-0.3, -0.25) is 0 Å². The van der Waals surface area contributed by atoms with Crippen molar-refractivity contribution >= 4 is 29.8 Å². The third-order valence-electron chi connectivity index (χ3n) is 4.04. The lowest BCUT2D eigenvalue weighted by Gasteiger charge is -2.19. The van der Waals surface area contributed by atoms with Crippen LogP contribution in [0.4, 0.5) is 11.4 Å². The molecule has 0 heterocycles. The van der Waals surface area contributed by atoms with Crippen molar-refractivity contribution in [2.75, 3.05) is 11.1 Å². The number of carbonyl (C=O) groups is 1. The molecule has 3 aromatic carbocycles. The molecule has 0 aromatic heterocycles. The van der Waals surface area contributed by atoms with Gasteiger partial charge in [0.05, 0.1) is 0 Å². The number of esters is 1. The van der Waals surface area contributed by atoms with Gasteiger partial charge in [0.25, 0.3) is 0 Å². The number of rotatable bonds is 7. The molecule has 0 bridgehead atoms. The normalized spacial score (nSPS) is 11.1. The van der Waals surface area contributed by atoms with Crippen LogP contribution in [0.2, 0.25) is 0 Å². The average Bonchev–Trinajstić information content (AvgIpc) is 2.69. The summed E-state index contributed by atoms with van der Waals surface area (Å²) in [7, 11) is 0. The summed E-state index contributed by atoms with van der Waals surface area (Å²) < 4.78 is 5.53. The molecule has 0 aliphatic heterocycles. The number of nitrogen functional groups attached to an aromatic ring is 1. The first-order chi connectivity index (χ1) is 12.7. The van der Waals surface area contributed by atoms with E-state index in [1.807, 2.05) is 72.8 Å². The van der Waals surface area contributed by atoms with E-state index in [1.54, 1.807) is 12.1 Å². The van der Waals surface area contributed by atoms with Crippen LogP contribution in [0.1, 0.15) is 11.1 Å². The number of ether oxygens (including phenoxy) is 1. The SMILES string of the molecule is Cl.Nc1ccc(N[C@@H](Cc2ccccc2)C(=O)OCc2ccccc2)cc1. The van der Waals surface area contributed by atoms with Crippen molar-refractivity contribution in [3.63, 3.8) is 0 Å². The number of halogens is 1. The van der Waals surface area contributed by atoms with Gasteiger partial charge in [0.2, 0.25) is 0 Å². The minimum atomic E-state index is -0.482. The van der Waals surface area contributed by atoms with Crippen LogP contribution in [-0.4, -0.2) is 12.0 Å². The van der Waals surface area contributed by atoms with E-state index in [1.165, 1.54) is 0 Å². The third-order valence-corrected chi connectivity index (χ3v) is 4.04. The molecule has 4 nitrogen and oxygen atoms in total. The summed E-state index contributed by atoms with van der Waals surface area (Å²) in [5, 5.41) is 3.26. The van der Waals surface area contributed by atoms with Crippen LogP contribution in [0.3, 0.4) is 0 Å². The van der Waals surface area contributed by atoms with E-state index in [9.17, 15) is 4.79 Å². The fraction of sp³-hybridized carbons (Fsp3) is 0.136. The molecule has 0 unspecified atom stereocenters. The Bertz CT molecular complexity index is 824. The highest BCUT2D eigenvalue weighted by Crippen LogP contribution is 2.15. The predicted molar refractivity (Wildman–Crippen MR) is 112 cm³/mol. The topological polar surface area (TPSA) is 64.3 Å². The zero-order chi connectivity index (χ0) is 18.2. The maximum absolute atomic E-state index is 12.7. The van der Waals surface area contributed by atoms with E-state index >= 15 is 0 Å². The number of hydrogen-bond acceptors (Lipinski definition) is 4.